The fraction of sp³-hybridized carbons (Fsp3) is 0.944. The molecule has 0 aromatic carbocycles. The van der Waals surface area contributed by atoms with E-state index in [1.807, 2.05) is 7.05 Å². The molecule has 5 nitrogen and oxygen atoms in total. The first-order valence-corrected chi connectivity index (χ1v) is 9.17. The van der Waals surface area contributed by atoms with Gasteiger partial charge in [0.15, 0.2) is 5.96 Å². The highest BCUT2D eigenvalue weighted by molar-refractivity contribution is 5.79. The van der Waals surface area contributed by atoms with E-state index in [1.54, 1.807) is 7.11 Å². The molecule has 0 bridgehead atoms. The van der Waals surface area contributed by atoms with E-state index in [9.17, 15) is 0 Å². The van der Waals surface area contributed by atoms with Crippen LogP contribution < -0.4 is 5.32 Å². The van der Waals surface area contributed by atoms with Crippen molar-refractivity contribution >= 4 is 5.96 Å². The summed E-state index contributed by atoms with van der Waals surface area (Å²) < 4.78 is 11.0. The Morgan fingerprint density at radius 1 is 1.26 bits per heavy atom. The number of hydrogen-bond acceptors (Lipinski definition) is 3. The second-order valence-electron chi connectivity index (χ2n) is 7.29. The third-order valence-electron chi connectivity index (χ3n) is 5.32. The van der Waals surface area contributed by atoms with Crippen LogP contribution >= 0.6 is 0 Å². The molecule has 134 valence electrons. The molecule has 2 fully saturated rings. The first kappa shape index (κ1) is 18.5. The number of nitrogens with one attached hydrogen (secondary N) is 1. The molecule has 2 saturated carbocycles. The number of methoxy groups -OCH3 is 1. The molecule has 0 amide bonds. The molecule has 0 unspecified atom stereocenters. The normalized spacial score (nSPS) is 20.7. The van der Waals surface area contributed by atoms with Crippen LogP contribution in [0.15, 0.2) is 4.99 Å². The van der Waals surface area contributed by atoms with E-state index in [4.69, 9.17) is 9.47 Å². The number of guanidine groups is 1. The lowest BCUT2D eigenvalue weighted by molar-refractivity contribution is 0.114. The van der Waals surface area contributed by atoms with E-state index >= 15 is 0 Å². The van der Waals surface area contributed by atoms with Crippen molar-refractivity contribution in [1.29, 1.82) is 0 Å². The zero-order chi connectivity index (χ0) is 16.5. The van der Waals surface area contributed by atoms with Crippen molar-refractivity contribution in [3.8, 4) is 0 Å². The summed E-state index contributed by atoms with van der Waals surface area (Å²) in [5.41, 5.74) is 0.384. The Hall–Kier alpha value is -0.810. The van der Waals surface area contributed by atoms with Gasteiger partial charge in [-0.1, -0.05) is 12.8 Å². The minimum Gasteiger partial charge on any atom is -0.385 e. The lowest BCUT2D eigenvalue weighted by Crippen LogP contribution is -2.45. The quantitative estimate of drug-likeness (QED) is 0.381. The van der Waals surface area contributed by atoms with Crippen LogP contribution in [0.4, 0.5) is 0 Å². The molecule has 0 radical (unpaired) electrons. The minimum atomic E-state index is 0.384. The average Bonchev–Trinajstić information content (AvgIpc) is 3.27. The Morgan fingerprint density at radius 3 is 2.61 bits per heavy atom. The Balaban J connectivity index is 1.71. The SMILES string of the molecule is CN=C(NCC1(CCOC)CCCC1)N(C)CCOCC1CC1. The number of likely N-dealkylation sites (N-methyl/N-ethyl adjacent to an activating group) is 1. The standard InChI is InChI=1S/C18H35N3O2/c1-19-17(21(2)11-13-23-14-16-6-7-16)20-15-18(10-12-22-3)8-4-5-9-18/h16H,4-15H2,1-3H3,(H,19,20). The molecule has 0 heterocycles. The van der Waals surface area contributed by atoms with Crippen LogP contribution in [0.5, 0.6) is 0 Å². The topological polar surface area (TPSA) is 46.1 Å². The third kappa shape index (κ3) is 6.30. The van der Waals surface area contributed by atoms with Gasteiger partial charge in [0.25, 0.3) is 0 Å². The Bertz CT molecular complexity index is 363. The molecule has 2 aliphatic carbocycles. The van der Waals surface area contributed by atoms with Crippen LogP contribution in [0.3, 0.4) is 0 Å². The van der Waals surface area contributed by atoms with Crippen molar-refractivity contribution in [1.82, 2.24) is 10.2 Å². The third-order valence-corrected chi connectivity index (χ3v) is 5.32. The lowest BCUT2D eigenvalue weighted by atomic mass is 9.83. The number of rotatable bonds is 10. The zero-order valence-corrected chi connectivity index (χ0v) is 15.3. The van der Waals surface area contributed by atoms with Crippen LogP contribution in [0.25, 0.3) is 0 Å². The smallest absolute Gasteiger partial charge is 0.193 e. The van der Waals surface area contributed by atoms with Crippen molar-refractivity contribution < 1.29 is 9.47 Å². The van der Waals surface area contributed by atoms with Gasteiger partial charge in [-0.2, -0.15) is 0 Å². The van der Waals surface area contributed by atoms with Gasteiger partial charge >= 0.3 is 0 Å². The second kappa shape index (κ2) is 9.48. The van der Waals surface area contributed by atoms with E-state index in [-0.39, 0.29) is 0 Å². The van der Waals surface area contributed by atoms with Crippen LogP contribution in [0.1, 0.15) is 44.9 Å². The van der Waals surface area contributed by atoms with Crippen LogP contribution in [-0.4, -0.2) is 65.0 Å². The highest BCUT2D eigenvalue weighted by Gasteiger charge is 2.33. The molecular weight excluding hydrogens is 290 g/mol. The van der Waals surface area contributed by atoms with Crippen LogP contribution in [-0.2, 0) is 9.47 Å². The number of nitrogens with zero attached hydrogens (tertiary/aromatic N) is 2. The van der Waals surface area contributed by atoms with Crippen molar-refractivity contribution in [3.63, 3.8) is 0 Å². The van der Waals surface area contributed by atoms with Gasteiger partial charge in [0.1, 0.15) is 0 Å². The summed E-state index contributed by atoms with van der Waals surface area (Å²) in [5, 5.41) is 3.59. The molecule has 5 heteroatoms. The Labute approximate surface area is 141 Å². The van der Waals surface area contributed by atoms with Crippen molar-refractivity contribution in [3.05, 3.63) is 0 Å². The lowest BCUT2D eigenvalue weighted by Gasteiger charge is -2.31. The molecule has 2 rings (SSSR count). The molecule has 0 aromatic heterocycles. The fourth-order valence-corrected chi connectivity index (χ4v) is 3.45. The molecule has 0 saturated heterocycles. The second-order valence-corrected chi connectivity index (χ2v) is 7.29. The summed E-state index contributed by atoms with van der Waals surface area (Å²) in [6, 6.07) is 0. The number of aliphatic imine (C=N–C) groups is 1. The summed E-state index contributed by atoms with van der Waals surface area (Å²) in [6.45, 7) is 4.45. The zero-order valence-electron chi connectivity index (χ0n) is 15.3. The molecular formula is C18H35N3O2. The largest absolute Gasteiger partial charge is 0.385 e. The number of hydrogen-bond donors (Lipinski definition) is 1. The molecule has 0 aromatic rings. The molecule has 1 N–H and O–H groups in total. The van der Waals surface area contributed by atoms with E-state index in [1.165, 1.54) is 38.5 Å². The summed E-state index contributed by atoms with van der Waals surface area (Å²) in [7, 11) is 5.75. The Kier molecular flexibility index (Phi) is 7.63. The van der Waals surface area contributed by atoms with E-state index in [2.05, 4.69) is 22.3 Å². The molecule has 0 spiro atoms. The maximum Gasteiger partial charge on any atom is 0.193 e. The first-order valence-electron chi connectivity index (χ1n) is 9.17. The van der Waals surface area contributed by atoms with Crippen molar-refractivity contribution in [2.24, 2.45) is 16.3 Å². The van der Waals surface area contributed by atoms with Crippen LogP contribution in [0.2, 0.25) is 0 Å². The molecule has 0 atom stereocenters. The van der Waals surface area contributed by atoms with Gasteiger partial charge in [-0.3, -0.25) is 4.99 Å². The highest BCUT2D eigenvalue weighted by atomic mass is 16.5. The van der Waals surface area contributed by atoms with Crippen molar-refractivity contribution in [2.75, 3.05) is 54.1 Å². The van der Waals surface area contributed by atoms with Crippen LogP contribution in [0, 0.1) is 11.3 Å². The predicted molar refractivity (Wildman–Crippen MR) is 94.9 cm³/mol. The van der Waals surface area contributed by atoms with Gasteiger partial charge < -0.3 is 19.7 Å². The summed E-state index contributed by atoms with van der Waals surface area (Å²) in [6.07, 6.45) is 9.12. The molecule has 0 aliphatic heterocycles. The summed E-state index contributed by atoms with van der Waals surface area (Å²) >= 11 is 0. The van der Waals surface area contributed by atoms with Gasteiger partial charge in [-0.05, 0) is 43.4 Å². The highest BCUT2D eigenvalue weighted by Crippen LogP contribution is 2.40. The van der Waals surface area contributed by atoms with Crippen molar-refractivity contribution in [2.45, 2.75) is 44.9 Å². The van der Waals surface area contributed by atoms with Gasteiger partial charge in [0.2, 0.25) is 0 Å². The Morgan fingerprint density at radius 2 is 2.00 bits per heavy atom. The van der Waals surface area contributed by atoms with E-state index in [0.29, 0.717) is 5.41 Å². The molecule has 23 heavy (non-hydrogen) atoms. The average molecular weight is 325 g/mol. The minimum absolute atomic E-state index is 0.384. The fourth-order valence-electron chi connectivity index (χ4n) is 3.45. The van der Waals surface area contributed by atoms with E-state index in [0.717, 1.165) is 51.2 Å². The molecule has 2 aliphatic rings. The van der Waals surface area contributed by atoms with Gasteiger partial charge in [-0.25, -0.2) is 0 Å². The van der Waals surface area contributed by atoms with E-state index < -0.39 is 0 Å². The van der Waals surface area contributed by atoms with Gasteiger partial charge in [-0.15, -0.1) is 0 Å². The predicted octanol–water partition coefficient (Wildman–Crippen LogP) is 2.52. The summed E-state index contributed by atoms with van der Waals surface area (Å²) in [4.78, 5) is 6.60. The van der Waals surface area contributed by atoms with Gasteiger partial charge in [0.05, 0.1) is 6.61 Å². The maximum atomic E-state index is 5.73. The maximum absolute atomic E-state index is 5.73. The monoisotopic (exact) mass is 325 g/mol. The first-order chi connectivity index (χ1) is 11.2. The van der Waals surface area contributed by atoms with Gasteiger partial charge in [0, 0.05) is 47.5 Å². The summed E-state index contributed by atoms with van der Waals surface area (Å²) in [5.74, 6) is 1.81. The number of ether oxygens (including phenoxy) is 2.